The molecule has 0 aromatic heterocycles. The van der Waals surface area contributed by atoms with Crippen molar-refractivity contribution in [2.75, 3.05) is 24.3 Å². The summed E-state index contributed by atoms with van der Waals surface area (Å²) in [6.07, 6.45) is 0.738. The van der Waals surface area contributed by atoms with Gasteiger partial charge in [-0.05, 0) is 47.9 Å². The van der Waals surface area contributed by atoms with Gasteiger partial charge in [-0.3, -0.25) is 14.5 Å². The highest BCUT2D eigenvalue weighted by Crippen LogP contribution is 2.44. The van der Waals surface area contributed by atoms with Crippen LogP contribution in [0.3, 0.4) is 0 Å². The molecule has 1 atom stereocenters. The maximum atomic E-state index is 12.8. The molecule has 4 rings (SSSR count). The molecule has 1 saturated heterocycles. The van der Waals surface area contributed by atoms with Gasteiger partial charge in [0.05, 0.1) is 18.6 Å². The first kappa shape index (κ1) is 22.4. The maximum Gasteiger partial charge on any atom is 0.251 e. The molecule has 164 valence electrons. The van der Waals surface area contributed by atoms with Crippen LogP contribution in [0.15, 0.2) is 77.3 Å². The summed E-state index contributed by atoms with van der Waals surface area (Å²) < 4.78 is 6.51. The Kier molecular flexibility index (Phi) is 7.17. The van der Waals surface area contributed by atoms with Crippen LogP contribution in [0.25, 0.3) is 0 Å². The van der Waals surface area contributed by atoms with Crippen LogP contribution in [-0.2, 0) is 11.2 Å². The Morgan fingerprint density at radius 2 is 1.91 bits per heavy atom. The lowest BCUT2D eigenvalue weighted by atomic mass is 10.1. The van der Waals surface area contributed by atoms with Gasteiger partial charge in [-0.25, -0.2) is 0 Å². The van der Waals surface area contributed by atoms with Crippen molar-refractivity contribution in [1.82, 2.24) is 5.32 Å². The number of nitrogens with zero attached hydrogens (tertiary/aromatic N) is 1. The van der Waals surface area contributed by atoms with Crippen molar-refractivity contribution in [3.63, 3.8) is 0 Å². The molecule has 1 heterocycles. The van der Waals surface area contributed by atoms with Crippen LogP contribution in [0, 0.1) is 0 Å². The van der Waals surface area contributed by atoms with E-state index in [0.717, 1.165) is 27.7 Å². The van der Waals surface area contributed by atoms with Crippen molar-refractivity contribution in [2.45, 2.75) is 11.8 Å². The van der Waals surface area contributed by atoms with Crippen molar-refractivity contribution < 1.29 is 14.3 Å². The molecule has 0 aliphatic carbocycles. The van der Waals surface area contributed by atoms with Crippen LogP contribution in [0.4, 0.5) is 5.69 Å². The minimum Gasteiger partial charge on any atom is -0.495 e. The van der Waals surface area contributed by atoms with Crippen LogP contribution in [-0.4, -0.2) is 31.2 Å². The van der Waals surface area contributed by atoms with Gasteiger partial charge in [0.1, 0.15) is 11.1 Å². The summed E-state index contributed by atoms with van der Waals surface area (Å²) in [7, 11) is 1.60. The maximum absolute atomic E-state index is 12.8. The van der Waals surface area contributed by atoms with Gasteiger partial charge in [0, 0.05) is 16.6 Å². The Morgan fingerprint density at radius 3 is 2.72 bits per heavy atom. The van der Waals surface area contributed by atoms with E-state index in [0.29, 0.717) is 23.6 Å². The molecule has 5 nitrogen and oxygen atoms in total. The summed E-state index contributed by atoms with van der Waals surface area (Å²) in [6.45, 7) is 0.537. The molecule has 1 aliphatic rings. The summed E-state index contributed by atoms with van der Waals surface area (Å²) in [4.78, 5) is 27.2. The van der Waals surface area contributed by atoms with Crippen molar-refractivity contribution in [2.24, 2.45) is 0 Å². The summed E-state index contributed by atoms with van der Waals surface area (Å²) >= 11 is 5.09. The fourth-order valence-electron chi connectivity index (χ4n) is 3.71. The summed E-state index contributed by atoms with van der Waals surface area (Å²) in [5, 5.41) is 2.78. The lowest BCUT2D eigenvalue weighted by Gasteiger charge is -2.26. The molecule has 3 aromatic rings. The second kappa shape index (κ2) is 10.2. The van der Waals surface area contributed by atoms with Gasteiger partial charge in [0.2, 0.25) is 5.91 Å². The number of carbonyl (C=O) groups is 2. The summed E-state index contributed by atoms with van der Waals surface area (Å²) in [5.41, 5.74) is 3.37. The van der Waals surface area contributed by atoms with Gasteiger partial charge in [-0.15, -0.1) is 11.8 Å². The van der Waals surface area contributed by atoms with Gasteiger partial charge >= 0.3 is 0 Å². The number of benzene rings is 3. The zero-order valence-corrected chi connectivity index (χ0v) is 20.0. The van der Waals surface area contributed by atoms with Crippen molar-refractivity contribution in [3.05, 3.63) is 94.0 Å². The van der Waals surface area contributed by atoms with Gasteiger partial charge in [-0.2, -0.15) is 0 Å². The van der Waals surface area contributed by atoms with E-state index in [1.807, 2.05) is 66.7 Å². The standard InChI is InChI=1S/C25H23BrN2O3S/c1-31-22-12-5-4-11-21(22)28-23(29)16-32-25(28)19-9-6-8-18(15-19)24(30)27-14-13-17-7-2-3-10-20(17)26/h2-12,15,25H,13-14,16H2,1H3,(H,27,30). The Morgan fingerprint density at radius 1 is 1.12 bits per heavy atom. The molecule has 32 heavy (non-hydrogen) atoms. The van der Waals surface area contributed by atoms with Crippen molar-refractivity contribution >= 4 is 45.2 Å². The molecular weight excluding hydrogens is 488 g/mol. The summed E-state index contributed by atoms with van der Waals surface area (Å²) in [6, 6.07) is 23.0. The third-order valence-electron chi connectivity index (χ3n) is 5.28. The van der Waals surface area contributed by atoms with E-state index in [1.165, 1.54) is 0 Å². The Balaban J connectivity index is 1.50. The lowest BCUT2D eigenvalue weighted by Crippen LogP contribution is -2.29. The molecule has 0 saturated carbocycles. The van der Waals surface area contributed by atoms with E-state index in [-0.39, 0.29) is 17.2 Å². The fraction of sp³-hybridized carbons (Fsp3) is 0.200. The van der Waals surface area contributed by atoms with E-state index in [9.17, 15) is 9.59 Å². The highest BCUT2D eigenvalue weighted by atomic mass is 79.9. The molecule has 7 heteroatoms. The van der Waals surface area contributed by atoms with Gasteiger partial charge in [0.25, 0.3) is 5.91 Å². The van der Waals surface area contributed by atoms with Gasteiger partial charge in [0.15, 0.2) is 0 Å². The topological polar surface area (TPSA) is 58.6 Å². The smallest absolute Gasteiger partial charge is 0.251 e. The van der Waals surface area contributed by atoms with Crippen LogP contribution in [0.1, 0.15) is 26.9 Å². The largest absolute Gasteiger partial charge is 0.495 e. The number of carbonyl (C=O) groups excluding carboxylic acids is 2. The average Bonchev–Trinajstić information content (AvgIpc) is 3.21. The minimum absolute atomic E-state index is 0.0211. The van der Waals surface area contributed by atoms with E-state index in [4.69, 9.17) is 4.74 Å². The molecule has 1 aliphatic heterocycles. The number of hydrogen-bond acceptors (Lipinski definition) is 4. The molecule has 3 aromatic carbocycles. The summed E-state index contributed by atoms with van der Waals surface area (Å²) in [5.74, 6) is 0.921. The van der Waals surface area contributed by atoms with Crippen LogP contribution in [0.5, 0.6) is 5.75 Å². The number of methoxy groups -OCH3 is 1. The lowest BCUT2D eigenvalue weighted by molar-refractivity contribution is -0.115. The van der Waals surface area contributed by atoms with E-state index < -0.39 is 0 Å². The molecule has 0 radical (unpaired) electrons. The van der Waals surface area contributed by atoms with E-state index in [2.05, 4.69) is 21.2 Å². The second-order valence-electron chi connectivity index (χ2n) is 7.32. The number of ether oxygens (including phenoxy) is 1. The monoisotopic (exact) mass is 510 g/mol. The number of rotatable bonds is 7. The fourth-order valence-corrected chi connectivity index (χ4v) is 5.35. The molecule has 1 N–H and O–H groups in total. The number of hydrogen-bond donors (Lipinski definition) is 1. The second-order valence-corrected chi connectivity index (χ2v) is 9.24. The Hall–Kier alpha value is -2.77. The highest BCUT2D eigenvalue weighted by Gasteiger charge is 2.35. The number of amides is 2. The van der Waals surface area contributed by atoms with Crippen LogP contribution in [0.2, 0.25) is 0 Å². The SMILES string of the molecule is COc1ccccc1N1C(=O)CSC1c1cccc(C(=O)NCCc2ccccc2Br)c1. The molecule has 0 bridgehead atoms. The molecule has 2 amide bonds. The van der Waals surface area contributed by atoms with Crippen molar-refractivity contribution in [3.8, 4) is 5.75 Å². The zero-order valence-electron chi connectivity index (χ0n) is 17.6. The number of thioether (sulfide) groups is 1. The third-order valence-corrected chi connectivity index (χ3v) is 7.27. The van der Waals surface area contributed by atoms with Gasteiger partial charge < -0.3 is 10.1 Å². The van der Waals surface area contributed by atoms with Gasteiger partial charge in [-0.1, -0.05) is 58.4 Å². The van der Waals surface area contributed by atoms with E-state index in [1.54, 1.807) is 29.8 Å². The van der Waals surface area contributed by atoms with Crippen LogP contribution >= 0.6 is 27.7 Å². The first-order chi connectivity index (χ1) is 15.6. The number of halogens is 1. The first-order valence-corrected chi connectivity index (χ1v) is 12.1. The zero-order chi connectivity index (χ0) is 22.5. The molecule has 1 fully saturated rings. The molecular formula is C25H23BrN2O3S. The van der Waals surface area contributed by atoms with Crippen LogP contribution < -0.4 is 15.0 Å². The first-order valence-electron chi connectivity index (χ1n) is 10.3. The number of anilines is 1. The molecule has 1 unspecified atom stereocenters. The van der Waals surface area contributed by atoms with Crippen molar-refractivity contribution in [1.29, 1.82) is 0 Å². The highest BCUT2D eigenvalue weighted by molar-refractivity contribution is 9.10. The van der Waals surface area contributed by atoms with E-state index >= 15 is 0 Å². The predicted molar refractivity (Wildman–Crippen MR) is 132 cm³/mol. The Labute approximate surface area is 200 Å². The predicted octanol–water partition coefficient (Wildman–Crippen LogP) is 5.21. The average molecular weight is 511 g/mol. The quantitative estimate of drug-likeness (QED) is 0.473. The number of para-hydroxylation sites is 2. The third kappa shape index (κ3) is 4.84. The molecule has 0 spiro atoms. The minimum atomic E-state index is -0.216. The Bertz CT molecular complexity index is 1140. The normalized spacial score (nSPS) is 15.6. The number of nitrogens with one attached hydrogen (secondary N) is 1.